The zero-order chi connectivity index (χ0) is 14.7. The second kappa shape index (κ2) is 5.72. The van der Waals surface area contributed by atoms with Crippen LogP contribution in [0.4, 0.5) is 0 Å². The molecular weight excluding hydrogens is 232 g/mol. The Labute approximate surface area is 109 Å². The summed E-state index contributed by atoms with van der Waals surface area (Å²) in [6.45, 7) is 11.1. The minimum absolute atomic E-state index is 0.498. The number of aliphatic carboxylic acids is 2. The Bertz CT molecular complexity index is 310. The molecule has 0 saturated carbocycles. The Kier molecular flexibility index (Phi) is 5.38. The van der Waals surface area contributed by atoms with Gasteiger partial charge in [-0.25, -0.2) is 0 Å². The van der Waals surface area contributed by atoms with E-state index in [2.05, 4.69) is 0 Å². The lowest BCUT2D eigenvalue weighted by Crippen LogP contribution is -2.46. The van der Waals surface area contributed by atoms with E-state index in [0.717, 1.165) is 0 Å². The van der Waals surface area contributed by atoms with Crippen molar-refractivity contribution in [3.8, 4) is 0 Å². The predicted octanol–water partition coefficient (Wildman–Crippen LogP) is 3.26. The van der Waals surface area contributed by atoms with Crippen molar-refractivity contribution in [3.63, 3.8) is 0 Å². The van der Waals surface area contributed by atoms with Gasteiger partial charge in [0.1, 0.15) is 0 Å². The molecule has 0 spiro atoms. The quantitative estimate of drug-likeness (QED) is 0.766. The number of hydrogen-bond donors (Lipinski definition) is 2. The molecule has 4 nitrogen and oxygen atoms in total. The molecule has 0 fully saturated rings. The lowest BCUT2D eigenvalue weighted by molar-refractivity contribution is -0.165. The van der Waals surface area contributed by atoms with E-state index in [9.17, 15) is 19.8 Å². The van der Waals surface area contributed by atoms with E-state index in [1.807, 2.05) is 20.8 Å². The number of hydrogen-bond acceptors (Lipinski definition) is 2. The van der Waals surface area contributed by atoms with Gasteiger partial charge in [-0.05, 0) is 23.7 Å². The summed E-state index contributed by atoms with van der Waals surface area (Å²) in [5, 5.41) is 18.9. The molecule has 0 bridgehead atoms. The Morgan fingerprint density at radius 2 is 1.22 bits per heavy atom. The number of rotatable bonds is 6. The standard InChI is InChI=1S/C14H26O4/c1-7-14(6,8-2)10(12(17)18)9(11(15)16)13(3,4)5/h9-10H,7-8H2,1-6H3,(H,15,16)(H,17,18). The molecule has 0 amide bonds. The van der Waals surface area contributed by atoms with E-state index in [0.29, 0.717) is 12.8 Å². The highest BCUT2D eigenvalue weighted by Crippen LogP contribution is 2.45. The fourth-order valence-electron chi connectivity index (χ4n) is 2.55. The van der Waals surface area contributed by atoms with Gasteiger partial charge >= 0.3 is 11.9 Å². The van der Waals surface area contributed by atoms with Crippen LogP contribution in [0.25, 0.3) is 0 Å². The third-order valence-electron chi connectivity index (χ3n) is 4.16. The van der Waals surface area contributed by atoms with Gasteiger partial charge in [0.15, 0.2) is 0 Å². The van der Waals surface area contributed by atoms with Crippen molar-refractivity contribution in [1.82, 2.24) is 0 Å². The van der Waals surface area contributed by atoms with Crippen LogP contribution in [-0.2, 0) is 9.59 Å². The molecule has 0 saturated heterocycles. The molecule has 0 aliphatic carbocycles. The molecule has 2 atom stereocenters. The number of carbonyl (C=O) groups is 2. The molecule has 0 aromatic carbocycles. The largest absolute Gasteiger partial charge is 0.481 e. The van der Waals surface area contributed by atoms with E-state index < -0.39 is 34.6 Å². The minimum Gasteiger partial charge on any atom is -0.481 e. The third kappa shape index (κ3) is 3.47. The second-order valence-electron chi connectivity index (χ2n) is 6.36. The van der Waals surface area contributed by atoms with E-state index in [1.165, 1.54) is 0 Å². The van der Waals surface area contributed by atoms with Crippen LogP contribution in [0.2, 0.25) is 0 Å². The molecule has 18 heavy (non-hydrogen) atoms. The van der Waals surface area contributed by atoms with Crippen molar-refractivity contribution in [3.05, 3.63) is 0 Å². The van der Waals surface area contributed by atoms with Gasteiger partial charge in [0, 0.05) is 0 Å². The van der Waals surface area contributed by atoms with Crippen molar-refractivity contribution < 1.29 is 19.8 Å². The van der Waals surface area contributed by atoms with Crippen molar-refractivity contribution in [2.75, 3.05) is 0 Å². The van der Waals surface area contributed by atoms with Crippen molar-refractivity contribution in [1.29, 1.82) is 0 Å². The summed E-state index contributed by atoms with van der Waals surface area (Å²) in [5.74, 6) is -3.79. The number of carboxylic acids is 2. The maximum absolute atomic E-state index is 11.6. The van der Waals surface area contributed by atoms with E-state index in [1.54, 1.807) is 20.8 Å². The maximum Gasteiger partial charge on any atom is 0.307 e. The molecule has 0 radical (unpaired) electrons. The maximum atomic E-state index is 11.6. The summed E-state index contributed by atoms with van der Waals surface area (Å²) in [5.41, 5.74) is -1.08. The van der Waals surface area contributed by atoms with Crippen LogP contribution in [0.5, 0.6) is 0 Å². The van der Waals surface area contributed by atoms with Crippen LogP contribution in [-0.4, -0.2) is 22.2 Å². The Hall–Kier alpha value is -1.06. The Morgan fingerprint density at radius 3 is 1.39 bits per heavy atom. The molecule has 0 heterocycles. The van der Waals surface area contributed by atoms with Crippen molar-refractivity contribution in [2.45, 2.75) is 54.4 Å². The molecule has 2 unspecified atom stereocenters. The van der Waals surface area contributed by atoms with Gasteiger partial charge in [-0.3, -0.25) is 9.59 Å². The highest BCUT2D eigenvalue weighted by molar-refractivity contribution is 5.81. The average molecular weight is 258 g/mol. The monoisotopic (exact) mass is 258 g/mol. The molecule has 4 heteroatoms. The highest BCUT2D eigenvalue weighted by atomic mass is 16.4. The smallest absolute Gasteiger partial charge is 0.307 e. The van der Waals surface area contributed by atoms with Gasteiger partial charge in [-0.1, -0.05) is 41.5 Å². The first kappa shape index (κ1) is 16.9. The van der Waals surface area contributed by atoms with Gasteiger partial charge in [-0.2, -0.15) is 0 Å². The lowest BCUT2D eigenvalue weighted by Gasteiger charge is -2.41. The summed E-state index contributed by atoms with van der Waals surface area (Å²) in [4.78, 5) is 23.1. The molecule has 0 aliphatic heterocycles. The zero-order valence-corrected chi connectivity index (χ0v) is 12.3. The molecule has 0 aromatic heterocycles. The van der Waals surface area contributed by atoms with Crippen LogP contribution in [0, 0.1) is 22.7 Å². The van der Waals surface area contributed by atoms with Gasteiger partial charge < -0.3 is 10.2 Å². The third-order valence-corrected chi connectivity index (χ3v) is 4.16. The van der Waals surface area contributed by atoms with Crippen LogP contribution >= 0.6 is 0 Å². The zero-order valence-electron chi connectivity index (χ0n) is 12.3. The fourth-order valence-corrected chi connectivity index (χ4v) is 2.55. The summed E-state index contributed by atoms with van der Waals surface area (Å²) in [6, 6.07) is 0. The topological polar surface area (TPSA) is 74.6 Å². The van der Waals surface area contributed by atoms with E-state index in [-0.39, 0.29) is 0 Å². The molecule has 2 N–H and O–H groups in total. The Morgan fingerprint density at radius 1 is 0.889 bits per heavy atom. The van der Waals surface area contributed by atoms with Gasteiger partial charge in [0.05, 0.1) is 11.8 Å². The van der Waals surface area contributed by atoms with E-state index in [4.69, 9.17) is 0 Å². The van der Waals surface area contributed by atoms with Crippen LogP contribution in [0.1, 0.15) is 54.4 Å². The van der Waals surface area contributed by atoms with Gasteiger partial charge in [-0.15, -0.1) is 0 Å². The molecule has 0 rings (SSSR count). The molecular formula is C14H26O4. The van der Waals surface area contributed by atoms with Crippen molar-refractivity contribution >= 4 is 11.9 Å². The Balaban J connectivity index is 5.72. The fraction of sp³-hybridized carbons (Fsp3) is 0.857. The molecule has 0 aliphatic rings. The first-order valence-electron chi connectivity index (χ1n) is 6.46. The summed E-state index contributed by atoms with van der Waals surface area (Å²) >= 11 is 0. The highest BCUT2D eigenvalue weighted by Gasteiger charge is 2.49. The summed E-state index contributed by atoms with van der Waals surface area (Å²) in [7, 11) is 0. The normalized spacial score (nSPS) is 16.1. The molecule has 106 valence electrons. The molecule has 0 aromatic rings. The lowest BCUT2D eigenvalue weighted by atomic mass is 9.61. The second-order valence-corrected chi connectivity index (χ2v) is 6.36. The van der Waals surface area contributed by atoms with Crippen LogP contribution in [0.15, 0.2) is 0 Å². The first-order valence-corrected chi connectivity index (χ1v) is 6.46. The number of carboxylic acid groups (broad SMARTS) is 2. The SMILES string of the molecule is CCC(C)(CC)C(C(=O)O)C(C(=O)O)C(C)(C)C. The van der Waals surface area contributed by atoms with Gasteiger partial charge in [0.25, 0.3) is 0 Å². The van der Waals surface area contributed by atoms with Gasteiger partial charge in [0.2, 0.25) is 0 Å². The van der Waals surface area contributed by atoms with Crippen molar-refractivity contribution in [2.24, 2.45) is 22.7 Å². The summed E-state index contributed by atoms with van der Waals surface area (Å²) < 4.78 is 0. The average Bonchev–Trinajstić information content (AvgIpc) is 2.21. The van der Waals surface area contributed by atoms with Crippen LogP contribution < -0.4 is 0 Å². The summed E-state index contributed by atoms with van der Waals surface area (Å²) in [6.07, 6.45) is 1.31. The predicted molar refractivity (Wildman–Crippen MR) is 70.4 cm³/mol. The minimum atomic E-state index is -1.02. The van der Waals surface area contributed by atoms with E-state index >= 15 is 0 Å². The van der Waals surface area contributed by atoms with Crippen LogP contribution in [0.3, 0.4) is 0 Å². The first-order chi connectivity index (χ1) is 8.01.